The van der Waals surface area contributed by atoms with Crippen LogP contribution in [0.3, 0.4) is 0 Å². The Morgan fingerprint density at radius 1 is 2.00 bits per heavy atom. The molecular weight excluding hydrogens is 88.0 g/mol. The molecular formula is CH5NP2. The van der Waals surface area contributed by atoms with Crippen LogP contribution >= 0.6 is 17.8 Å². The van der Waals surface area contributed by atoms with E-state index >= 15 is 0 Å². The maximum absolute atomic E-state index is 3.62. The molecule has 0 N–H and O–H groups in total. The summed E-state index contributed by atoms with van der Waals surface area (Å²) >= 11 is 0. The van der Waals surface area contributed by atoms with Gasteiger partial charge >= 0.3 is 0 Å². The first kappa shape index (κ1) is 4.53. The van der Waals surface area contributed by atoms with Gasteiger partial charge in [-0.1, -0.05) is 0 Å². The van der Waals surface area contributed by atoms with Gasteiger partial charge in [0.25, 0.3) is 0 Å². The van der Waals surface area contributed by atoms with E-state index in [9.17, 15) is 0 Å². The van der Waals surface area contributed by atoms with Gasteiger partial charge in [-0.15, -0.1) is 0 Å². The fraction of sp³-hybridized carbons (Fsp3) is 1.00. The maximum Gasteiger partial charge on any atom is 0.00329 e. The molecule has 0 radical (unpaired) electrons. The molecule has 4 heavy (non-hydrogen) atoms. The molecule has 0 aromatic rings. The smallest absolute Gasteiger partial charge is 0.00329 e. The molecule has 0 aromatic heterocycles. The van der Waals surface area contributed by atoms with E-state index in [2.05, 4.69) is 13.9 Å². The molecule has 3 heteroatoms. The van der Waals surface area contributed by atoms with Crippen molar-refractivity contribution in [3.05, 3.63) is 0 Å². The van der Waals surface area contributed by atoms with Gasteiger partial charge in [0.1, 0.15) is 0 Å². The lowest BCUT2D eigenvalue weighted by molar-refractivity contribution is 2.07. The molecule has 0 aromatic carbocycles. The van der Waals surface area contributed by atoms with Crippen LogP contribution < -0.4 is 0 Å². The molecule has 24 valence electrons. The monoisotopic (exact) mass is 93.0 g/mol. The molecule has 0 aliphatic rings. The SMILES string of the molecule is C/P=N/P. The number of hydrogen-bond acceptors (Lipinski definition) is 1. The van der Waals surface area contributed by atoms with Crippen molar-refractivity contribution in [2.45, 2.75) is 0 Å². The third kappa shape index (κ3) is 2.53. The van der Waals surface area contributed by atoms with Crippen LogP contribution in [0, 0.1) is 0 Å². The highest BCUT2D eigenvalue weighted by Gasteiger charge is 1.34. The van der Waals surface area contributed by atoms with Crippen LogP contribution in [0.2, 0.25) is 0 Å². The van der Waals surface area contributed by atoms with Gasteiger partial charge in [-0.05, 0) is 16.1 Å². The summed E-state index contributed by atoms with van der Waals surface area (Å²) in [6.07, 6.45) is 0. The van der Waals surface area contributed by atoms with Crippen LogP contribution in [0.4, 0.5) is 0 Å². The molecule has 0 amide bonds. The first-order chi connectivity index (χ1) is 1.91. The normalized spacial score (nSPS) is 9.50. The Labute approximate surface area is 29.9 Å². The second kappa shape index (κ2) is 3.53. The van der Waals surface area contributed by atoms with Crippen molar-refractivity contribution < 1.29 is 0 Å². The Bertz CT molecular complexity index is 21.2. The van der Waals surface area contributed by atoms with Crippen molar-refractivity contribution in [3.8, 4) is 0 Å². The van der Waals surface area contributed by atoms with Crippen molar-refractivity contribution in [3.63, 3.8) is 0 Å². The van der Waals surface area contributed by atoms with Crippen LogP contribution in [0.1, 0.15) is 0 Å². The van der Waals surface area contributed by atoms with Crippen molar-refractivity contribution in [2.75, 3.05) is 6.66 Å². The Kier molecular flexibility index (Phi) is 4.00. The first-order valence-electron chi connectivity index (χ1n) is 0.905. The summed E-state index contributed by atoms with van der Waals surface area (Å²) < 4.78 is 3.62. The number of hydrogen-bond donors (Lipinski definition) is 0. The van der Waals surface area contributed by atoms with Gasteiger partial charge in [-0.2, -0.15) is 0 Å². The quantitative estimate of drug-likeness (QED) is 0.403. The van der Waals surface area contributed by atoms with Gasteiger partial charge in [-0.25, -0.2) is 0 Å². The van der Waals surface area contributed by atoms with E-state index in [0.717, 1.165) is 8.37 Å². The van der Waals surface area contributed by atoms with Gasteiger partial charge in [-0.3, -0.25) is 4.52 Å². The van der Waals surface area contributed by atoms with Gasteiger partial charge in [0, 0.05) is 8.37 Å². The zero-order valence-corrected chi connectivity index (χ0v) is 4.52. The minimum Gasteiger partial charge on any atom is -0.252 e. The molecule has 0 bridgehead atoms. The third-order valence-corrected chi connectivity index (χ3v) is 1.04. The van der Waals surface area contributed by atoms with Crippen LogP contribution in [-0.4, -0.2) is 6.66 Å². The largest absolute Gasteiger partial charge is 0.252 e. The summed E-state index contributed by atoms with van der Waals surface area (Å²) in [4.78, 5) is 0. The molecule has 0 aliphatic carbocycles. The molecule has 0 fully saturated rings. The Hall–Kier alpha value is 0.530. The van der Waals surface area contributed by atoms with E-state index in [-0.39, 0.29) is 0 Å². The molecule has 0 spiro atoms. The lowest BCUT2D eigenvalue weighted by Crippen LogP contribution is -1.04. The van der Waals surface area contributed by atoms with Gasteiger partial charge in [0.05, 0.1) is 0 Å². The predicted molar refractivity (Wildman–Crippen MR) is 25.0 cm³/mol. The molecule has 0 aliphatic heterocycles. The van der Waals surface area contributed by atoms with E-state index in [4.69, 9.17) is 0 Å². The molecule has 0 rings (SSSR count). The Balaban J connectivity index is 2.55. The summed E-state index contributed by atoms with van der Waals surface area (Å²) in [6.45, 7) is 1.97. The lowest BCUT2D eigenvalue weighted by Gasteiger charge is -1.51. The van der Waals surface area contributed by atoms with Crippen molar-refractivity contribution in [1.82, 2.24) is 0 Å². The molecule has 1 atom stereocenters. The average Bonchev–Trinajstić information content (AvgIpc) is 1.37. The highest BCUT2D eigenvalue weighted by Crippen LogP contribution is 1.94. The second-order valence-electron chi connectivity index (χ2n) is 0.315. The van der Waals surface area contributed by atoms with Gasteiger partial charge in [0.2, 0.25) is 0 Å². The summed E-state index contributed by atoms with van der Waals surface area (Å²) in [7, 11) is 3.35. The van der Waals surface area contributed by atoms with Crippen LogP contribution in [0.25, 0.3) is 0 Å². The highest BCUT2D eigenvalue weighted by atomic mass is 31.1. The minimum atomic E-state index is 1.09. The topological polar surface area (TPSA) is 12.4 Å². The summed E-state index contributed by atoms with van der Waals surface area (Å²) in [6, 6.07) is 0. The third-order valence-electron chi connectivity index (χ3n) is 0.115. The minimum absolute atomic E-state index is 1.09. The average molecular weight is 93.0 g/mol. The van der Waals surface area contributed by atoms with Crippen molar-refractivity contribution in [2.24, 2.45) is 4.52 Å². The summed E-state index contributed by atoms with van der Waals surface area (Å²) in [5.41, 5.74) is 0. The number of rotatable bonds is 0. The molecule has 0 saturated heterocycles. The standard InChI is InChI=1S/CH5NP2/c1-4-2-3/h3H2,1H3. The second-order valence-corrected chi connectivity index (χ2v) is 1.64. The molecule has 1 nitrogen and oxygen atoms in total. The Morgan fingerprint density at radius 3 is 2.25 bits per heavy atom. The van der Waals surface area contributed by atoms with E-state index in [1.165, 1.54) is 0 Å². The summed E-state index contributed by atoms with van der Waals surface area (Å²) in [5.74, 6) is 0. The van der Waals surface area contributed by atoms with E-state index < -0.39 is 0 Å². The van der Waals surface area contributed by atoms with E-state index in [1.54, 1.807) is 0 Å². The zero-order valence-electron chi connectivity index (χ0n) is 2.47. The fourth-order valence-corrected chi connectivity index (χ4v) is 0. The molecule has 1 unspecified atom stereocenters. The molecule has 0 saturated carbocycles. The van der Waals surface area contributed by atoms with E-state index in [1.807, 2.05) is 6.66 Å². The Morgan fingerprint density at radius 2 is 2.25 bits per heavy atom. The van der Waals surface area contributed by atoms with Crippen LogP contribution in [-0.2, 0) is 0 Å². The molecule has 0 heterocycles. The summed E-state index contributed by atoms with van der Waals surface area (Å²) in [5, 5.41) is 0. The fourth-order valence-electron chi connectivity index (χ4n) is 0. The van der Waals surface area contributed by atoms with Crippen molar-refractivity contribution in [1.29, 1.82) is 0 Å². The van der Waals surface area contributed by atoms with Gasteiger partial charge < -0.3 is 0 Å². The van der Waals surface area contributed by atoms with Gasteiger partial charge in [0.15, 0.2) is 0 Å². The van der Waals surface area contributed by atoms with E-state index in [0.29, 0.717) is 0 Å². The zero-order chi connectivity index (χ0) is 3.41. The van der Waals surface area contributed by atoms with Crippen LogP contribution in [0.15, 0.2) is 4.52 Å². The van der Waals surface area contributed by atoms with Crippen LogP contribution in [0.5, 0.6) is 0 Å². The number of nitrogens with zero attached hydrogens (tertiary/aromatic N) is 1. The first-order valence-corrected chi connectivity index (χ1v) is 2.72. The lowest BCUT2D eigenvalue weighted by atomic mass is 12.0. The predicted octanol–water partition coefficient (Wildman–Crippen LogP) is 1.54. The highest BCUT2D eigenvalue weighted by molar-refractivity contribution is 7.34. The maximum atomic E-state index is 3.62. The van der Waals surface area contributed by atoms with Crippen molar-refractivity contribution >= 4 is 17.8 Å².